The molecule has 1 heterocycles. The van der Waals surface area contributed by atoms with Gasteiger partial charge in [0.25, 0.3) is 0 Å². The maximum absolute atomic E-state index is 12.4. The molecule has 3 aromatic rings. The number of carbonyl (C=O) groups excluding carboxylic acids is 1. The zero-order chi connectivity index (χ0) is 16.4. The number of imidazole rings is 1. The second-order valence-corrected chi connectivity index (χ2v) is 6.64. The van der Waals surface area contributed by atoms with Crippen molar-refractivity contribution in [2.45, 2.75) is 32.7 Å². The minimum atomic E-state index is -0.175. The van der Waals surface area contributed by atoms with Gasteiger partial charge in [0.1, 0.15) is 0 Å². The number of anilines is 1. The van der Waals surface area contributed by atoms with Gasteiger partial charge in [0.2, 0.25) is 11.9 Å². The fourth-order valence-electron chi connectivity index (χ4n) is 2.74. The summed E-state index contributed by atoms with van der Waals surface area (Å²) in [6.07, 6.45) is 0.341. The summed E-state index contributed by atoms with van der Waals surface area (Å²) < 4.78 is 2.07. The lowest BCUT2D eigenvalue weighted by Gasteiger charge is -2.24. The van der Waals surface area contributed by atoms with Crippen LogP contribution in [0.5, 0.6) is 0 Å². The monoisotopic (exact) mass is 307 g/mol. The SMILES string of the molecule is CC(C)(C)n1c(NC(=O)Cc2ccccc2)nc2ccccc21. The van der Waals surface area contributed by atoms with Gasteiger partial charge in [-0.25, -0.2) is 4.98 Å². The average Bonchev–Trinajstić information content (AvgIpc) is 2.85. The zero-order valence-corrected chi connectivity index (χ0v) is 13.7. The Morgan fingerprint density at radius 2 is 1.70 bits per heavy atom. The van der Waals surface area contributed by atoms with E-state index in [1.165, 1.54) is 0 Å². The van der Waals surface area contributed by atoms with Crippen LogP contribution >= 0.6 is 0 Å². The summed E-state index contributed by atoms with van der Waals surface area (Å²) in [7, 11) is 0. The first-order chi connectivity index (χ1) is 10.9. The third-order valence-corrected chi connectivity index (χ3v) is 3.69. The predicted molar refractivity (Wildman–Crippen MR) is 93.5 cm³/mol. The lowest BCUT2D eigenvalue weighted by atomic mass is 10.1. The van der Waals surface area contributed by atoms with E-state index < -0.39 is 0 Å². The van der Waals surface area contributed by atoms with Crippen molar-refractivity contribution >= 4 is 22.9 Å². The van der Waals surface area contributed by atoms with Crippen molar-refractivity contribution in [1.29, 1.82) is 0 Å². The number of rotatable bonds is 3. The molecule has 3 rings (SSSR count). The maximum Gasteiger partial charge on any atom is 0.231 e. The number of nitrogens with zero attached hydrogens (tertiary/aromatic N) is 2. The van der Waals surface area contributed by atoms with Crippen molar-refractivity contribution in [2.75, 3.05) is 5.32 Å². The molecule has 23 heavy (non-hydrogen) atoms. The Balaban J connectivity index is 1.92. The third-order valence-electron chi connectivity index (χ3n) is 3.69. The van der Waals surface area contributed by atoms with Gasteiger partial charge < -0.3 is 4.57 Å². The van der Waals surface area contributed by atoms with Crippen molar-refractivity contribution in [3.8, 4) is 0 Å². The minimum Gasteiger partial charge on any atom is -0.305 e. The highest BCUT2D eigenvalue weighted by Crippen LogP contribution is 2.27. The molecule has 0 unspecified atom stereocenters. The van der Waals surface area contributed by atoms with Crippen LogP contribution in [0.1, 0.15) is 26.3 Å². The van der Waals surface area contributed by atoms with E-state index in [2.05, 4.69) is 35.6 Å². The van der Waals surface area contributed by atoms with Crippen LogP contribution in [0, 0.1) is 0 Å². The van der Waals surface area contributed by atoms with Crippen LogP contribution < -0.4 is 5.32 Å². The van der Waals surface area contributed by atoms with Crippen molar-refractivity contribution in [3.05, 3.63) is 60.2 Å². The van der Waals surface area contributed by atoms with E-state index in [0.29, 0.717) is 12.4 Å². The van der Waals surface area contributed by atoms with E-state index >= 15 is 0 Å². The molecule has 0 fully saturated rings. The number of benzene rings is 2. The third kappa shape index (κ3) is 3.26. The maximum atomic E-state index is 12.4. The first kappa shape index (κ1) is 15.3. The molecular formula is C19H21N3O. The number of para-hydroxylation sites is 2. The Morgan fingerprint density at radius 3 is 2.39 bits per heavy atom. The molecular weight excluding hydrogens is 286 g/mol. The summed E-state index contributed by atoms with van der Waals surface area (Å²) in [6.45, 7) is 6.32. The molecule has 0 spiro atoms. The summed E-state index contributed by atoms with van der Waals surface area (Å²) in [5.74, 6) is 0.539. The first-order valence-corrected chi connectivity index (χ1v) is 7.77. The van der Waals surface area contributed by atoms with E-state index in [1.807, 2.05) is 54.6 Å². The summed E-state index contributed by atoms with van der Waals surface area (Å²) in [5.41, 5.74) is 2.72. The highest BCUT2D eigenvalue weighted by molar-refractivity contribution is 5.93. The molecule has 1 aromatic heterocycles. The van der Waals surface area contributed by atoms with Gasteiger partial charge >= 0.3 is 0 Å². The molecule has 0 bridgehead atoms. The molecule has 0 atom stereocenters. The van der Waals surface area contributed by atoms with Gasteiger partial charge in [-0.15, -0.1) is 0 Å². The Bertz CT molecular complexity index is 829. The largest absolute Gasteiger partial charge is 0.305 e. The van der Waals surface area contributed by atoms with Crippen LogP contribution in [-0.4, -0.2) is 15.5 Å². The van der Waals surface area contributed by atoms with Crippen molar-refractivity contribution in [3.63, 3.8) is 0 Å². The van der Waals surface area contributed by atoms with E-state index in [-0.39, 0.29) is 11.4 Å². The number of aromatic nitrogens is 2. The van der Waals surface area contributed by atoms with Gasteiger partial charge in [-0.05, 0) is 38.5 Å². The summed E-state index contributed by atoms with van der Waals surface area (Å²) in [5, 5.41) is 2.97. The van der Waals surface area contributed by atoms with E-state index in [4.69, 9.17) is 0 Å². The van der Waals surface area contributed by atoms with Gasteiger partial charge in [0.15, 0.2) is 0 Å². The molecule has 1 amide bonds. The van der Waals surface area contributed by atoms with Gasteiger partial charge in [0.05, 0.1) is 17.5 Å². The van der Waals surface area contributed by atoms with Crippen LogP contribution in [0.3, 0.4) is 0 Å². The van der Waals surface area contributed by atoms with Crippen molar-refractivity contribution < 1.29 is 4.79 Å². The number of hydrogen-bond acceptors (Lipinski definition) is 2. The molecule has 0 radical (unpaired) electrons. The summed E-state index contributed by atoms with van der Waals surface area (Å²) in [6, 6.07) is 17.7. The molecule has 1 N–H and O–H groups in total. The summed E-state index contributed by atoms with van der Waals surface area (Å²) >= 11 is 0. The van der Waals surface area contributed by atoms with Gasteiger partial charge in [-0.3, -0.25) is 10.1 Å². The summed E-state index contributed by atoms with van der Waals surface area (Å²) in [4.78, 5) is 17.0. The molecule has 0 saturated heterocycles. The van der Waals surface area contributed by atoms with Gasteiger partial charge in [-0.2, -0.15) is 0 Å². The topological polar surface area (TPSA) is 46.9 Å². The van der Waals surface area contributed by atoms with Crippen LogP contribution in [-0.2, 0) is 16.8 Å². The van der Waals surface area contributed by atoms with Gasteiger partial charge in [-0.1, -0.05) is 42.5 Å². The van der Waals surface area contributed by atoms with E-state index in [9.17, 15) is 4.79 Å². The van der Waals surface area contributed by atoms with Crippen molar-refractivity contribution in [1.82, 2.24) is 9.55 Å². The molecule has 0 aliphatic rings. The highest BCUT2D eigenvalue weighted by Gasteiger charge is 2.22. The Morgan fingerprint density at radius 1 is 1.04 bits per heavy atom. The minimum absolute atomic E-state index is 0.0583. The molecule has 0 aliphatic heterocycles. The number of carbonyl (C=O) groups is 1. The Kier molecular flexibility index (Phi) is 3.90. The predicted octanol–water partition coefficient (Wildman–Crippen LogP) is 3.97. The zero-order valence-electron chi connectivity index (χ0n) is 13.7. The van der Waals surface area contributed by atoms with Crippen LogP contribution in [0.4, 0.5) is 5.95 Å². The van der Waals surface area contributed by atoms with E-state index in [1.54, 1.807) is 0 Å². The molecule has 118 valence electrons. The fraction of sp³-hybridized carbons (Fsp3) is 0.263. The molecule has 0 aliphatic carbocycles. The first-order valence-electron chi connectivity index (χ1n) is 7.77. The van der Waals surface area contributed by atoms with Gasteiger partial charge in [0, 0.05) is 5.54 Å². The molecule has 0 saturated carbocycles. The molecule has 2 aromatic carbocycles. The lowest BCUT2D eigenvalue weighted by molar-refractivity contribution is -0.115. The smallest absolute Gasteiger partial charge is 0.231 e. The standard InChI is InChI=1S/C19H21N3O/c1-19(2,3)22-16-12-8-7-11-15(16)20-18(22)21-17(23)13-14-9-5-4-6-10-14/h4-12H,13H2,1-3H3,(H,20,21,23). The quantitative estimate of drug-likeness (QED) is 0.796. The number of nitrogens with one attached hydrogen (secondary N) is 1. The Hall–Kier alpha value is -2.62. The van der Waals surface area contributed by atoms with Crippen molar-refractivity contribution in [2.24, 2.45) is 0 Å². The highest BCUT2D eigenvalue weighted by atomic mass is 16.1. The van der Waals surface area contributed by atoms with E-state index in [0.717, 1.165) is 16.6 Å². The average molecular weight is 307 g/mol. The number of hydrogen-bond donors (Lipinski definition) is 1. The second-order valence-electron chi connectivity index (χ2n) is 6.64. The molecule has 4 nitrogen and oxygen atoms in total. The lowest BCUT2D eigenvalue weighted by Crippen LogP contribution is -2.26. The van der Waals surface area contributed by atoms with Crippen LogP contribution in [0.25, 0.3) is 11.0 Å². The molecule has 4 heteroatoms. The van der Waals surface area contributed by atoms with Crippen LogP contribution in [0.2, 0.25) is 0 Å². The fourth-order valence-corrected chi connectivity index (χ4v) is 2.74. The normalized spacial score (nSPS) is 11.6. The van der Waals surface area contributed by atoms with Crippen LogP contribution in [0.15, 0.2) is 54.6 Å². The second kappa shape index (κ2) is 5.88. The Labute approximate surface area is 136 Å². The number of fused-ring (bicyclic) bond motifs is 1. The number of amides is 1.